The molecule has 1 aliphatic rings. The lowest BCUT2D eigenvalue weighted by molar-refractivity contribution is -0.143. The molecule has 6 nitrogen and oxygen atoms in total. The van der Waals surface area contributed by atoms with Gasteiger partial charge in [-0.15, -0.1) is 0 Å². The number of benzene rings is 1. The number of aliphatic carboxylic acids is 1. The topological polar surface area (TPSA) is 96.2 Å². The SMILES string of the molecule is CC(C)C(CC=CCCC1C(O)COC1C=CC(O)COc1cccc(Cl)c1)C(=O)O. The first kappa shape index (κ1) is 25.4. The minimum atomic E-state index is -0.815. The fourth-order valence-corrected chi connectivity index (χ4v) is 3.75. The van der Waals surface area contributed by atoms with Crippen molar-refractivity contribution >= 4 is 17.6 Å². The summed E-state index contributed by atoms with van der Waals surface area (Å²) in [4.78, 5) is 11.2. The van der Waals surface area contributed by atoms with Crippen molar-refractivity contribution in [2.24, 2.45) is 17.8 Å². The standard InChI is InChI=1S/C24H33ClO6/c1-16(2)20(24(28)29)9-4-3-5-10-21-22(27)15-31-23(21)12-11-18(26)14-30-19-8-6-7-17(25)13-19/h3-4,6-8,11-13,16,18,20-23,26-27H,5,9-10,14-15H2,1-2H3,(H,28,29). The third-order valence-corrected chi connectivity index (χ3v) is 5.70. The first-order valence-corrected chi connectivity index (χ1v) is 11.1. The third-order valence-electron chi connectivity index (χ3n) is 5.46. The van der Waals surface area contributed by atoms with Gasteiger partial charge in [0.25, 0.3) is 0 Å². The minimum Gasteiger partial charge on any atom is -0.491 e. The van der Waals surface area contributed by atoms with E-state index < -0.39 is 18.2 Å². The Morgan fingerprint density at radius 1 is 1.35 bits per heavy atom. The van der Waals surface area contributed by atoms with E-state index in [2.05, 4.69) is 0 Å². The molecule has 7 heteroatoms. The van der Waals surface area contributed by atoms with E-state index in [-0.39, 0.29) is 37.1 Å². The number of carboxylic acid groups (broad SMARTS) is 1. The Labute approximate surface area is 189 Å². The van der Waals surface area contributed by atoms with Gasteiger partial charge in [0.1, 0.15) is 18.5 Å². The highest BCUT2D eigenvalue weighted by atomic mass is 35.5. The van der Waals surface area contributed by atoms with Crippen LogP contribution in [0, 0.1) is 17.8 Å². The molecule has 0 aliphatic carbocycles. The number of carbonyl (C=O) groups is 1. The first-order chi connectivity index (χ1) is 14.8. The van der Waals surface area contributed by atoms with Crippen LogP contribution in [0.25, 0.3) is 0 Å². The van der Waals surface area contributed by atoms with Crippen molar-refractivity contribution in [3.8, 4) is 5.75 Å². The summed E-state index contributed by atoms with van der Waals surface area (Å²) >= 11 is 5.91. The molecule has 1 saturated heterocycles. The van der Waals surface area contributed by atoms with Gasteiger partial charge in [-0.1, -0.05) is 55.8 Å². The lowest BCUT2D eigenvalue weighted by Crippen LogP contribution is -2.23. The zero-order chi connectivity index (χ0) is 22.8. The third kappa shape index (κ3) is 8.65. The second kappa shape index (κ2) is 12.9. The van der Waals surface area contributed by atoms with Crippen molar-refractivity contribution in [2.45, 2.75) is 51.4 Å². The van der Waals surface area contributed by atoms with Crippen LogP contribution < -0.4 is 4.74 Å². The van der Waals surface area contributed by atoms with E-state index in [1.807, 2.05) is 26.0 Å². The quantitative estimate of drug-likeness (QED) is 0.413. The van der Waals surface area contributed by atoms with E-state index in [0.29, 0.717) is 23.6 Å². The summed E-state index contributed by atoms with van der Waals surface area (Å²) in [6.45, 7) is 4.15. The van der Waals surface area contributed by atoms with Crippen LogP contribution in [0.5, 0.6) is 5.75 Å². The Balaban J connectivity index is 1.79. The molecule has 0 aromatic heterocycles. The van der Waals surface area contributed by atoms with Gasteiger partial charge in [-0.2, -0.15) is 0 Å². The number of rotatable bonds is 12. The molecule has 172 valence electrons. The lowest BCUT2D eigenvalue weighted by Gasteiger charge is -2.17. The molecule has 0 bridgehead atoms. The van der Waals surface area contributed by atoms with Gasteiger partial charge in [0, 0.05) is 10.9 Å². The molecule has 5 unspecified atom stereocenters. The normalized spacial score (nSPS) is 23.6. The average molecular weight is 453 g/mol. The van der Waals surface area contributed by atoms with Crippen LogP contribution in [0.4, 0.5) is 0 Å². The molecule has 31 heavy (non-hydrogen) atoms. The van der Waals surface area contributed by atoms with Crippen LogP contribution in [-0.2, 0) is 9.53 Å². The Hall–Kier alpha value is -1.86. The van der Waals surface area contributed by atoms with E-state index in [9.17, 15) is 20.1 Å². The maximum atomic E-state index is 11.2. The molecule has 5 atom stereocenters. The number of allylic oxidation sites excluding steroid dienone is 2. The summed E-state index contributed by atoms with van der Waals surface area (Å²) < 4.78 is 11.2. The Kier molecular flexibility index (Phi) is 10.5. The second-order valence-electron chi connectivity index (χ2n) is 8.22. The monoisotopic (exact) mass is 452 g/mol. The number of ether oxygens (including phenoxy) is 2. The van der Waals surface area contributed by atoms with Gasteiger partial charge in [0.05, 0.1) is 24.7 Å². The number of hydrogen-bond donors (Lipinski definition) is 3. The van der Waals surface area contributed by atoms with Gasteiger partial charge in [-0.3, -0.25) is 4.79 Å². The van der Waals surface area contributed by atoms with E-state index in [1.54, 1.807) is 36.4 Å². The molecule has 2 rings (SSSR count). The van der Waals surface area contributed by atoms with E-state index in [0.717, 1.165) is 6.42 Å². The predicted molar refractivity (Wildman–Crippen MR) is 120 cm³/mol. The molecule has 1 heterocycles. The molecule has 1 aromatic carbocycles. The minimum absolute atomic E-state index is 0.0796. The van der Waals surface area contributed by atoms with Gasteiger partial charge in [0.15, 0.2) is 0 Å². The smallest absolute Gasteiger partial charge is 0.307 e. The fourth-order valence-electron chi connectivity index (χ4n) is 3.57. The van der Waals surface area contributed by atoms with E-state index in [4.69, 9.17) is 21.1 Å². The van der Waals surface area contributed by atoms with Gasteiger partial charge < -0.3 is 24.8 Å². The molecular formula is C24H33ClO6. The second-order valence-corrected chi connectivity index (χ2v) is 8.66. The van der Waals surface area contributed by atoms with E-state index >= 15 is 0 Å². The fraction of sp³-hybridized carbons (Fsp3) is 0.542. The number of aliphatic hydroxyl groups excluding tert-OH is 2. The van der Waals surface area contributed by atoms with Crippen LogP contribution >= 0.6 is 11.6 Å². The van der Waals surface area contributed by atoms with Crippen molar-refractivity contribution in [1.29, 1.82) is 0 Å². The van der Waals surface area contributed by atoms with Crippen LogP contribution in [0.15, 0.2) is 48.6 Å². The van der Waals surface area contributed by atoms with Gasteiger partial charge >= 0.3 is 5.97 Å². The van der Waals surface area contributed by atoms with Crippen molar-refractivity contribution in [2.75, 3.05) is 13.2 Å². The van der Waals surface area contributed by atoms with Gasteiger partial charge in [0.2, 0.25) is 0 Å². The first-order valence-electron chi connectivity index (χ1n) is 10.7. The highest BCUT2D eigenvalue weighted by Gasteiger charge is 2.33. The largest absolute Gasteiger partial charge is 0.491 e. The Morgan fingerprint density at radius 2 is 2.13 bits per heavy atom. The highest BCUT2D eigenvalue weighted by molar-refractivity contribution is 6.30. The molecule has 0 saturated carbocycles. The zero-order valence-corrected chi connectivity index (χ0v) is 18.8. The Morgan fingerprint density at radius 3 is 2.81 bits per heavy atom. The molecule has 0 radical (unpaired) electrons. The summed E-state index contributed by atoms with van der Waals surface area (Å²) in [6.07, 6.45) is 7.54. The number of aliphatic hydroxyl groups is 2. The van der Waals surface area contributed by atoms with Crippen molar-refractivity contribution in [3.05, 3.63) is 53.6 Å². The van der Waals surface area contributed by atoms with Gasteiger partial charge in [-0.25, -0.2) is 0 Å². The van der Waals surface area contributed by atoms with Crippen molar-refractivity contribution in [1.82, 2.24) is 0 Å². The van der Waals surface area contributed by atoms with Crippen LogP contribution in [-0.4, -0.2) is 52.8 Å². The summed E-state index contributed by atoms with van der Waals surface area (Å²) in [7, 11) is 0. The van der Waals surface area contributed by atoms with Gasteiger partial charge in [-0.05, 0) is 43.4 Å². The maximum Gasteiger partial charge on any atom is 0.307 e. The molecule has 1 aliphatic heterocycles. The van der Waals surface area contributed by atoms with Crippen LogP contribution in [0.2, 0.25) is 5.02 Å². The number of halogens is 1. The molecule has 0 spiro atoms. The predicted octanol–water partition coefficient (Wildman–Crippen LogP) is 4.10. The number of hydrogen-bond acceptors (Lipinski definition) is 5. The van der Waals surface area contributed by atoms with Crippen molar-refractivity contribution in [3.63, 3.8) is 0 Å². The highest BCUT2D eigenvalue weighted by Crippen LogP contribution is 2.27. The summed E-state index contributed by atoms with van der Waals surface area (Å²) in [5.41, 5.74) is 0. The molecule has 1 fully saturated rings. The maximum absolute atomic E-state index is 11.2. The summed E-state index contributed by atoms with van der Waals surface area (Å²) in [5.74, 6) is -0.580. The molecule has 3 N–H and O–H groups in total. The zero-order valence-electron chi connectivity index (χ0n) is 18.1. The number of carboxylic acids is 1. The summed E-state index contributed by atoms with van der Waals surface area (Å²) in [6, 6.07) is 6.97. The average Bonchev–Trinajstić information content (AvgIpc) is 3.06. The van der Waals surface area contributed by atoms with Crippen LogP contribution in [0.1, 0.15) is 33.1 Å². The Bertz CT molecular complexity index is 747. The van der Waals surface area contributed by atoms with E-state index in [1.165, 1.54) is 0 Å². The lowest BCUT2D eigenvalue weighted by atomic mass is 9.91. The van der Waals surface area contributed by atoms with Crippen molar-refractivity contribution < 1.29 is 29.6 Å². The summed E-state index contributed by atoms with van der Waals surface area (Å²) in [5, 5.41) is 30.2. The molecule has 0 amide bonds. The molecule has 1 aromatic rings. The molecular weight excluding hydrogens is 420 g/mol. The van der Waals surface area contributed by atoms with Crippen LogP contribution in [0.3, 0.4) is 0 Å².